The lowest BCUT2D eigenvalue weighted by atomic mass is 9.89. The van der Waals surface area contributed by atoms with Crippen LogP contribution < -0.4 is 10.1 Å². The van der Waals surface area contributed by atoms with Crippen molar-refractivity contribution < 1.29 is 14.6 Å². The molecule has 0 radical (unpaired) electrons. The summed E-state index contributed by atoms with van der Waals surface area (Å²) in [6, 6.07) is 9.07. The third kappa shape index (κ3) is 4.27. The third-order valence-electron chi connectivity index (χ3n) is 4.08. The molecule has 0 saturated heterocycles. The van der Waals surface area contributed by atoms with Crippen LogP contribution in [0.25, 0.3) is 0 Å². The molecule has 1 amide bonds. The highest BCUT2D eigenvalue weighted by Gasteiger charge is 2.34. The largest absolute Gasteiger partial charge is 0.488 e. The number of hydrogen-bond donors (Lipinski definition) is 2. The van der Waals surface area contributed by atoms with Gasteiger partial charge in [0, 0.05) is 6.20 Å². The fraction of sp³-hybridized carbons (Fsp3) is 0.412. The van der Waals surface area contributed by atoms with Crippen molar-refractivity contribution >= 4 is 17.5 Å². The van der Waals surface area contributed by atoms with Crippen LogP contribution in [0.1, 0.15) is 19.3 Å². The molecule has 3 atom stereocenters. The van der Waals surface area contributed by atoms with Gasteiger partial charge in [-0.25, -0.2) is 0 Å². The normalized spacial score (nSPS) is 23.7. The molecule has 1 aromatic heterocycles. The molecule has 1 heterocycles. The molecular formula is C17H20ClN3O3. The molecule has 3 rings (SSSR count). The summed E-state index contributed by atoms with van der Waals surface area (Å²) in [5, 5.41) is 17.9. The molecule has 0 unspecified atom stereocenters. The van der Waals surface area contributed by atoms with Crippen molar-refractivity contribution in [3.63, 3.8) is 0 Å². The average molecular weight is 350 g/mol. The molecule has 24 heavy (non-hydrogen) atoms. The van der Waals surface area contributed by atoms with E-state index in [1.807, 2.05) is 30.3 Å². The second-order valence-corrected chi connectivity index (χ2v) is 6.36. The minimum atomic E-state index is -0.746. The maximum Gasteiger partial charge on any atom is 0.242 e. The van der Waals surface area contributed by atoms with Gasteiger partial charge in [-0.15, -0.1) is 0 Å². The quantitative estimate of drug-likeness (QED) is 0.865. The highest BCUT2D eigenvalue weighted by molar-refractivity contribution is 6.30. The first-order valence-electron chi connectivity index (χ1n) is 7.99. The Morgan fingerprint density at radius 3 is 2.88 bits per heavy atom. The number of aromatic nitrogens is 2. The van der Waals surface area contributed by atoms with Gasteiger partial charge in [-0.1, -0.05) is 29.8 Å². The Balaban J connectivity index is 1.56. The van der Waals surface area contributed by atoms with Crippen LogP contribution in [0.2, 0.25) is 5.02 Å². The highest BCUT2D eigenvalue weighted by Crippen LogP contribution is 2.24. The number of nitrogens with one attached hydrogen (secondary N) is 1. The predicted molar refractivity (Wildman–Crippen MR) is 89.9 cm³/mol. The van der Waals surface area contributed by atoms with Crippen LogP contribution in [0.15, 0.2) is 42.7 Å². The fourth-order valence-corrected chi connectivity index (χ4v) is 3.08. The lowest BCUT2D eigenvalue weighted by molar-refractivity contribution is -0.124. The maximum absolute atomic E-state index is 12.1. The number of carbonyl (C=O) groups excluding carboxylic acids is 1. The zero-order valence-corrected chi connectivity index (χ0v) is 13.9. The molecule has 0 spiro atoms. The number of amides is 1. The van der Waals surface area contributed by atoms with E-state index in [2.05, 4.69) is 10.4 Å². The molecule has 1 aromatic carbocycles. The van der Waals surface area contributed by atoms with E-state index >= 15 is 0 Å². The van der Waals surface area contributed by atoms with Crippen LogP contribution in [0.4, 0.5) is 0 Å². The predicted octanol–water partition coefficient (Wildman–Crippen LogP) is 2.01. The van der Waals surface area contributed by atoms with E-state index < -0.39 is 6.10 Å². The molecule has 1 fully saturated rings. The second-order valence-electron chi connectivity index (χ2n) is 5.92. The number of carbonyl (C=O) groups is 1. The first-order valence-corrected chi connectivity index (χ1v) is 8.37. The van der Waals surface area contributed by atoms with E-state index in [0.717, 1.165) is 25.0 Å². The zero-order valence-electron chi connectivity index (χ0n) is 13.1. The van der Waals surface area contributed by atoms with E-state index in [1.165, 1.54) is 10.9 Å². The van der Waals surface area contributed by atoms with Crippen molar-refractivity contribution in [1.29, 1.82) is 0 Å². The van der Waals surface area contributed by atoms with Crippen molar-refractivity contribution in [2.75, 3.05) is 0 Å². The summed E-state index contributed by atoms with van der Waals surface area (Å²) in [4.78, 5) is 12.1. The van der Waals surface area contributed by atoms with Crippen molar-refractivity contribution in [3.05, 3.63) is 47.7 Å². The first kappa shape index (κ1) is 16.8. The number of aliphatic hydroxyl groups is 1. The molecular weight excluding hydrogens is 330 g/mol. The molecule has 1 aliphatic rings. The molecule has 7 heteroatoms. The van der Waals surface area contributed by atoms with Crippen molar-refractivity contribution in [1.82, 2.24) is 15.1 Å². The van der Waals surface area contributed by atoms with Gasteiger partial charge in [0.25, 0.3) is 0 Å². The summed E-state index contributed by atoms with van der Waals surface area (Å²) in [5.74, 6) is 0.513. The van der Waals surface area contributed by atoms with Crippen molar-refractivity contribution in [3.8, 4) is 5.75 Å². The number of benzene rings is 1. The Bertz CT molecular complexity index is 677. The van der Waals surface area contributed by atoms with E-state index in [1.54, 1.807) is 6.20 Å². The molecule has 2 N–H and O–H groups in total. The highest BCUT2D eigenvalue weighted by atomic mass is 35.5. The van der Waals surface area contributed by atoms with Gasteiger partial charge in [0.1, 0.15) is 24.5 Å². The van der Waals surface area contributed by atoms with Gasteiger partial charge in [0.15, 0.2) is 0 Å². The number of para-hydroxylation sites is 1. The summed E-state index contributed by atoms with van der Waals surface area (Å²) in [6.07, 6.45) is 4.36. The first-order chi connectivity index (χ1) is 11.6. The number of ether oxygens (including phenoxy) is 1. The lowest BCUT2D eigenvalue weighted by Crippen LogP contribution is -2.53. The van der Waals surface area contributed by atoms with Gasteiger partial charge < -0.3 is 15.2 Å². The van der Waals surface area contributed by atoms with E-state index in [4.69, 9.17) is 16.3 Å². The Kier molecular flexibility index (Phi) is 5.37. The Morgan fingerprint density at radius 1 is 1.38 bits per heavy atom. The van der Waals surface area contributed by atoms with Gasteiger partial charge in [-0.2, -0.15) is 5.10 Å². The second kappa shape index (κ2) is 7.68. The minimum absolute atomic E-state index is 0.0696. The van der Waals surface area contributed by atoms with E-state index in [-0.39, 0.29) is 24.6 Å². The summed E-state index contributed by atoms with van der Waals surface area (Å²) < 4.78 is 7.33. The summed E-state index contributed by atoms with van der Waals surface area (Å²) >= 11 is 5.78. The SMILES string of the molecule is O=C(Cn1cc(Cl)cn1)N[C@@H]1CCC[C@@H](Oc2ccccc2)[C@@H]1O. The Hall–Kier alpha value is -2.05. The Morgan fingerprint density at radius 2 is 2.17 bits per heavy atom. The number of halogens is 1. The minimum Gasteiger partial charge on any atom is -0.488 e. The van der Waals surface area contributed by atoms with E-state index in [9.17, 15) is 9.90 Å². The standard InChI is InChI=1S/C17H20ClN3O3/c18-12-9-19-21(10-12)11-16(22)20-14-7-4-8-15(17(14)23)24-13-5-2-1-3-6-13/h1-3,5-6,9-10,14-15,17,23H,4,7-8,11H2,(H,20,22)/t14-,15-,17-/m1/s1. The van der Waals surface area contributed by atoms with Crippen LogP contribution in [0.3, 0.4) is 0 Å². The van der Waals surface area contributed by atoms with E-state index in [0.29, 0.717) is 5.02 Å². The number of aliphatic hydroxyl groups excluding tert-OH is 1. The molecule has 1 saturated carbocycles. The van der Waals surface area contributed by atoms with Gasteiger partial charge in [0.2, 0.25) is 5.91 Å². The molecule has 2 aromatic rings. The van der Waals surface area contributed by atoms with Crippen LogP contribution in [-0.2, 0) is 11.3 Å². The van der Waals surface area contributed by atoms with Crippen molar-refractivity contribution in [2.45, 2.75) is 44.1 Å². The molecule has 6 nitrogen and oxygen atoms in total. The van der Waals surface area contributed by atoms with Gasteiger partial charge in [-0.3, -0.25) is 9.48 Å². The van der Waals surface area contributed by atoms with Crippen LogP contribution in [0, 0.1) is 0 Å². The van der Waals surface area contributed by atoms with Crippen LogP contribution >= 0.6 is 11.6 Å². The summed E-state index contributed by atoms with van der Waals surface area (Å²) in [7, 11) is 0. The van der Waals surface area contributed by atoms with Crippen LogP contribution in [-0.4, -0.2) is 39.0 Å². The number of rotatable bonds is 5. The smallest absolute Gasteiger partial charge is 0.242 e. The summed E-state index contributed by atoms with van der Waals surface area (Å²) in [5.41, 5.74) is 0. The maximum atomic E-state index is 12.1. The number of nitrogens with zero attached hydrogens (tertiary/aromatic N) is 2. The monoisotopic (exact) mass is 349 g/mol. The number of hydrogen-bond acceptors (Lipinski definition) is 4. The molecule has 128 valence electrons. The average Bonchev–Trinajstić information content (AvgIpc) is 2.97. The molecule has 0 aliphatic heterocycles. The van der Waals surface area contributed by atoms with Gasteiger partial charge in [0.05, 0.1) is 17.3 Å². The van der Waals surface area contributed by atoms with Gasteiger partial charge >= 0.3 is 0 Å². The molecule has 1 aliphatic carbocycles. The summed E-state index contributed by atoms with van der Waals surface area (Å²) in [6.45, 7) is 0.0696. The van der Waals surface area contributed by atoms with Crippen molar-refractivity contribution in [2.24, 2.45) is 0 Å². The van der Waals surface area contributed by atoms with Gasteiger partial charge in [-0.05, 0) is 31.4 Å². The third-order valence-corrected chi connectivity index (χ3v) is 4.28. The topological polar surface area (TPSA) is 76.4 Å². The lowest BCUT2D eigenvalue weighted by Gasteiger charge is -2.35. The molecule has 0 bridgehead atoms. The van der Waals surface area contributed by atoms with Crippen LogP contribution in [0.5, 0.6) is 5.75 Å². The fourth-order valence-electron chi connectivity index (χ4n) is 2.92. The zero-order chi connectivity index (χ0) is 16.9. The Labute approximate surface area is 145 Å².